The van der Waals surface area contributed by atoms with Crippen LogP contribution in [0.25, 0.3) is 0 Å². The van der Waals surface area contributed by atoms with Gasteiger partial charge >= 0.3 is 86.6 Å². The van der Waals surface area contributed by atoms with Crippen molar-refractivity contribution in [1.82, 2.24) is 0 Å². The van der Waals surface area contributed by atoms with Gasteiger partial charge in [0.2, 0.25) is 0 Å². The molecule has 0 saturated heterocycles. The molecule has 0 amide bonds. The van der Waals surface area contributed by atoms with Gasteiger partial charge in [-0.2, -0.15) is 0 Å². The van der Waals surface area contributed by atoms with Crippen LogP contribution >= 0.6 is 30.4 Å². The Bertz CT molecular complexity index is 801. The molecule has 0 spiro atoms. The first-order valence-electron chi connectivity index (χ1n) is 15.8. The zero-order valence-corrected chi connectivity index (χ0v) is 42.5. The fourth-order valence-corrected chi connectivity index (χ4v) is 9.49. The van der Waals surface area contributed by atoms with E-state index in [1.54, 1.807) is 0 Å². The molecule has 0 aromatic carbocycles. The van der Waals surface area contributed by atoms with Gasteiger partial charge in [-0.1, -0.05) is 0 Å². The Morgan fingerprint density at radius 2 is 0.420 bits per heavy atom. The van der Waals surface area contributed by atoms with Crippen molar-refractivity contribution in [2.45, 2.75) is 160 Å². The number of hydrogen-bond acceptors (Lipinski definition) is 16. The molecule has 16 nitrogen and oxygen atoms in total. The Kier molecular flexibility index (Phi) is 39.2. The summed E-state index contributed by atoms with van der Waals surface area (Å²) in [7, 11) is -15.4. The average Bonchev–Trinajstić information content (AvgIpc) is 2.65. The van der Waals surface area contributed by atoms with Crippen LogP contribution in [0.2, 0.25) is 0 Å². The van der Waals surface area contributed by atoms with E-state index in [2.05, 4.69) is 0 Å². The van der Waals surface area contributed by atoms with Crippen LogP contribution in [0.1, 0.15) is 111 Å². The molecule has 22 heteroatoms. The van der Waals surface area contributed by atoms with E-state index >= 15 is 0 Å². The molecule has 0 radical (unpaired) electrons. The van der Waals surface area contributed by atoms with E-state index in [1.165, 1.54) is 26.7 Å². The van der Waals surface area contributed by atoms with Gasteiger partial charge in [0.05, 0.1) is 48.8 Å². The van der Waals surface area contributed by atoms with Gasteiger partial charge in [0.1, 0.15) is 0 Å². The fraction of sp³-hybridized carbons (Fsp3) is 1.00. The van der Waals surface area contributed by atoms with Crippen molar-refractivity contribution in [3.63, 3.8) is 0 Å². The van der Waals surface area contributed by atoms with Gasteiger partial charge in [0.25, 0.3) is 0 Å². The van der Waals surface area contributed by atoms with Gasteiger partial charge in [-0.3, -0.25) is 18.3 Å². The molecule has 0 fully saturated rings. The third-order valence-corrected chi connectivity index (χ3v) is 9.66. The van der Waals surface area contributed by atoms with E-state index in [-0.39, 0.29) is 76.1 Å². The Morgan fingerprint density at radius 3 is 0.460 bits per heavy atom. The molecule has 0 aliphatic heterocycles. The molecule has 0 bridgehead atoms. The molecule has 0 aliphatic rings. The van der Waals surface area contributed by atoms with E-state index in [0.29, 0.717) is 0 Å². The van der Waals surface area contributed by atoms with E-state index in [4.69, 9.17) is 54.8 Å². The molecule has 0 unspecified atom stereocenters. The van der Waals surface area contributed by atoms with Crippen molar-refractivity contribution in [1.29, 1.82) is 0 Å². The molecule has 0 atom stereocenters. The summed E-state index contributed by atoms with van der Waals surface area (Å²) in [5.74, 6) is 0. The average molecular weight is 936 g/mol. The predicted octanol–water partition coefficient (Wildman–Crippen LogP) is 7.77. The first kappa shape index (κ1) is 63.6. The van der Waals surface area contributed by atoms with E-state index in [1.807, 2.05) is 111 Å². The summed E-state index contributed by atoms with van der Waals surface area (Å²) in [5, 5.41) is 0. The van der Waals surface area contributed by atoms with Crippen LogP contribution in [0.4, 0.5) is 0 Å². The normalized spacial score (nSPS) is 13.0. The van der Waals surface area contributed by atoms with Crippen molar-refractivity contribution < 1.29 is 111 Å². The van der Waals surface area contributed by atoms with Crippen molar-refractivity contribution in [3.05, 3.63) is 0 Å². The SMILES string of the molecule is CC(C)OP(C)(=O)OC(C)C.CC(C)OP(C)(=O)OC(C)C.CC(C)OP(C)(=O)OC(C)C.CC(C)OP(C)(=O)OC(C)C.[Cd+2].[O-][Cl+](O)(O)O. The topological polar surface area (TPSA) is 226 Å². The molecule has 0 aromatic rings. The van der Waals surface area contributed by atoms with E-state index in [9.17, 15) is 18.3 Å². The second kappa shape index (κ2) is 30.8. The van der Waals surface area contributed by atoms with Gasteiger partial charge in [0.15, 0.2) is 0 Å². The maximum absolute atomic E-state index is 11.4. The van der Waals surface area contributed by atoms with Gasteiger partial charge in [0, 0.05) is 26.7 Å². The van der Waals surface area contributed by atoms with Crippen LogP contribution in [-0.2, 0) is 81.7 Å². The third kappa shape index (κ3) is 67.7. The van der Waals surface area contributed by atoms with Crippen LogP contribution in [-0.4, -0.2) is 89.5 Å². The summed E-state index contributed by atoms with van der Waals surface area (Å²) in [6.07, 6.45) is -0.410. The third-order valence-electron chi connectivity index (χ3n) is 3.22. The predicted molar refractivity (Wildman–Crippen MR) is 191 cm³/mol. The van der Waals surface area contributed by atoms with Crippen molar-refractivity contribution in [3.8, 4) is 0 Å². The molecular formula is C28H71CdClO16P4+2. The van der Waals surface area contributed by atoms with Crippen LogP contribution in [0.5, 0.6) is 0 Å². The molecule has 0 heterocycles. The molecule has 0 saturated carbocycles. The van der Waals surface area contributed by atoms with Crippen molar-refractivity contribution in [2.24, 2.45) is 0 Å². The molecule has 0 rings (SSSR count). The summed E-state index contributed by atoms with van der Waals surface area (Å²) in [6, 6.07) is 0. The zero-order chi connectivity index (χ0) is 40.8. The number of halogens is 1. The van der Waals surface area contributed by atoms with Crippen molar-refractivity contribution >= 4 is 30.4 Å². The van der Waals surface area contributed by atoms with Gasteiger partial charge < -0.3 is 36.2 Å². The van der Waals surface area contributed by atoms with Crippen LogP contribution in [0.3, 0.4) is 0 Å². The Labute approximate surface area is 325 Å². The standard InChI is InChI=1S/4C7H17O3P.Cd.ClH3O4/c4*1-6(2)9-11(5,8)10-7(3)4;;2-1(3,4)5/h4*6-7H,1-5H3;;2-4H/q;;;;+2;. The summed E-state index contributed by atoms with van der Waals surface area (Å²) in [4.78, 5) is 0. The summed E-state index contributed by atoms with van der Waals surface area (Å²) in [6.45, 7) is 35.3. The van der Waals surface area contributed by atoms with Gasteiger partial charge in [-0.25, -0.2) is 0 Å². The first-order chi connectivity index (χ1) is 21.3. The second-order valence-electron chi connectivity index (χ2n) is 12.8. The van der Waals surface area contributed by atoms with Gasteiger partial charge in [-0.15, -0.1) is 0 Å². The van der Waals surface area contributed by atoms with Gasteiger partial charge in [-0.05, 0) is 111 Å². The second-order valence-corrected chi connectivity index (χ2v) is 21.5. The molecular weight excluding hydrogens is 864 g/mol. The van der Waals surface area contributed by atoms with Crippen LogP contribution < -0.4 is 4.66 Å². The number of rotatable bonds is 16. The Balaban J connectivity index is -0.000000123. The monoisotopic (exact) mass is 936 g/mol. The molecule has 0 aliphatic carbocycles. The molecule has 0 aromatic heterocycles. The van der Waals surface area contributed by atoms with Crippen molar-refractivity contribution in [2.75, 3.05) is 26.7 Å². The molecule has 50 heavy (non-hydrogen) atoms. The van der Waals surface area contributed by atoms with E-state index in [0.717, 1.165) is 0 Å². The Morgan fingerprint density at radius 1 is 0.360 bits per heavy atom. The van der Waals surface area contributed by atoms with E-state index < -0.39 is 40.6 Å². The summed E-state index contributed by atoms with van der Waals surface area (Å²) < 4.78 is 116. The van der Waals surface area contributed by atoms with Crippen LogP contribution in [0.15, 0.2) is 0 Å². The minimum atomic E-state index is -4.19. The Hall–Kier alpha value is 1.65. The number of hydrogen-bond donors (Lipinski definition) is 3. The summed E-state index contributed by atoms with van der Waals surface area (Å²) >= 11 is 0. The maximum atomic E-state index is 11.4. The fourth-order valence-electron chi connectivity index (χ4n) is 3.16. The zero-order valence-electron chi connectivity index (χ0n) is 34.1. The quantitative estimate of drug-likeness (QED) is 0.0992. The minimum absolute atomic E-state index is 0. The summed E-state index contributed by atoms with van der Waals surface area (Å²) in [5.41, 5.74) is 0. The molecule has 3 N–H and O–H groups in total. The van der Waals surface area contributed by atoms with Crippen LogP contribution in [0, 0.1) is 10.2 Å². The molecule has 306 valence electrons. The first-order valence-corrected chi connectivity index (χ1v) is 25.0.